The number of rotatable bonds is 4. The van der Waals surface area contributed by atoms with Gasteiger partial charge in [0.2, 0.25) is 11.8 Å². The van der Waals surface area contributed by atoms with Gasteiger partial charge in [0, 0.05) is 29.6 Å². The molecule has 25 heavy (non-hydrogen) atoms. The third-order valence-corrected chi connectivity index (χ3v) is 4.69. The highest BCUT2D eigenvalue weighted by atomic mass is 35.5. The van der Waals surface area contributed by atoms with Crippen LogP contribution in [0.1, 0.15) is 12.0 Å². The first-order chi connectivity index (χ1) is 12.0. The number of carbonyl (C=O) groups is 2. The summed E-state index contributed by atoms with van der Waals surface area (Å²) in [6.45, 7) is 0.388. The molecule has 0 spiro atoms. The summed E-state index contributed by atoms with van der Waals surface area (Å²) in [4.78, 5) is 25.8. The second kappa shape index (κ2) is 7.42. The van der Waals surface area contributed by atoms with Crippen LogP contribution >= 0.6 is 23.2 Å². The largest absolute Gasteiger partial charge is 0.352 e. The van der Waals surface area contributed by atoms with Gasteiger partial charge in [0.1, 0.15) is 5.82 Å². The molecule has 1 saturated heterocycles. The minimum Gasteiger partial charge on any atom is -0.352 e. The zero-order valence-corrected chi connectivity index (χ0v) is 14.6. The summed E-state index contributed by atoms with van der Waals surface area (Å²) in [6, 6.07) is 11.1. The van der Waals surface area contributed by atoms with E-state index >= 15 is 0 Å². The van der Waals surface area contributed by atoms with Crippen LogP contribution in [0.25, 0.3) is 0 Å². The molecule has 7 heteroatoms. The van der Waals surface area contributed by atoms with E-state index in [1.165, 1.54) is 17.0 Å². The first-order valence-corrected chi connectivity index (χ1v) is 8.48. The molecule has 0 bridgehead atoms. The summed E-state index contributed by atoms with van der Waals surface area (Å²) in [7, 11) is 0. The van der Waals surface area contributed by atoms with Crippen molar-refractivity contribution in [3.8, 4) is 0 Å². The predicted molar refractivity (Wildman–Crippen MR) is 95.2 cm³/mol. The van der Waals surface area contributed by atoms with Gasteiger partial charge >= 0.3 is 0 Å². The molecule has 3 rings (SSSR count). The van der Waals surface area contributed by atoms with Crippen molar-refractivity contribution >= 4 is 40.7 Å². The molecular weight excluding hydrogens is 366 g/mol. The van der Waals surface area contributed by atoms with E-state index < -0.39 is 11.7 Å². The number of carbonyl (C=O) groups excluding carboxylic acids is 2. The Bertz CT molecular complexity index is 828. The number of anilines is 1. The van der Waals surface area contributed by atoms with E-state index in [9.17, 15) is 14.0 Å². The fourth-order valence-corrected chi connectivity index (χ4v) is 3.25. The van der Waals surface area contributed by atoms with Gasteiger partial charge in [-0.3, -0.25) is 9.59 Å². The van der Waals surface area contributed by atoms with Crippen molar-refractivity contribution < 1.29 is 14.0 Å². The van der Waals surface area contributed by atoms with Gasteiger partial charge in [-0.2, -0.15) is 0 Å². The van der Waals surface area contributed by atoms with Gasteiger partial charge in [-0.15, -0.1) is 0 Å². The molecule has 1 fully saturated rings. The maximum absolute atomic E-state index is 13.9. The fourth-order valence-electron chi connectivity index (χ4n) is 2.78. The van der Waals surface area contributed by atoms with Crippen LogP contribution in [0, 0.1) is 11.7 Å². The van der Waals surface area contributed by atoms with Crippen LogP contribution in [0.5, 0.6) is 0 Å². The van der Waals surface area contributed by atoms with E-state index in [1.807, 2.05) is 0 Å². The molecule has 1 atom stereocenters. The van der Waals surface area contributed by atoms with Gasteiger partial charge < -0.3 is 10.2 Å². The van der Waals surface area contributed by atoms with E-state index in [2.05, 4.69) is 5.32 Å². The molecule has 1 heterocycles. The number of nitrogens with one attached hydrogen (secondary N) is 1. The Hall–Kier alpha value is -2.11. The highest BCUT2D eigenvalue weighted by Gasteiger charge is 2.36. The predicted octanol–water partition coefficient (Wildman–Crippen LogP) is 3.80. The molecule has 0 aromatic heterocycles. The minimum absolute atomic E-state index is 0.0501. The second-order valence-corrected chi connectivity index (χ2v) is 6.65. The number of amides is 2. The van der Waals surface area contributed by atoms with Crippen molar-refractivity contribution in [3.05, 3.63) is 63.9 Å². The highest BCUT2D eigenvalue weighted by molar-refractivity contribution is 6.35. The second-order valence-electron chi connectivity index (χ2n) is 5.81. The smallest absolute Gasteiger partial charge is 0.227 e. The summed E-state index contributed by atoms with van der Waals surface area (Å²) in [5, 5.41) is 3.75. The van der Waals surface area contributed by atoms with Crippen LogP contribution in [-0.4, -0.2) is 18.4 Å². The lowest BCUT2D eigenvalue weighted by molar-refractivity contribution is -0.126. The lowest BCUT2D eigenvalue weighted by Gasteiger charge is -2.17. The third kappa shape index (κ3) is 3.94. The molecule has 0 radical (unpaired) electrons. The number of benzene rings is 2. The number of nitrogens with zero attached hydrogens (tertiary/aromatic N) is 1. The summed E-state index contributed by atoms with van der Waals surface area (Å²) in [5.41, 5.74) is 0.929. The normalized spacial score (nSPS) is 17.0. The van der Waals surface area contributed by atoms with Gasteiger partial charge in [0.15, 0.2) is 0 Å². The number of para-hydroxylation sites is 1. The van der Waals surface area contributed by atoms with E-state index in [1.54, 1.807) is 30.3 Å². The Kier molecular flexibility index (Phi) is 5.25. The van der Waals surface area contributed by atoms with Crippen molar-refractivity contribution in [2.45, 2.75) is 13.0 Å². The van der Waals surface area contributed by atoms with Gasteiger partial charge in [-0.1, -0.05) is 41.4 Å². The van der Waals surface area contributed by atoms with Crippen molar-refractivity contribution in [1.82, 2.24) is 5.32 Å². The van der Waals surface area contributed by atoms with Crippen LogP contribution < -0.4 is 10.2 Å². The zero-order valence-electron chi connectivity index (χ0n) is 13.1. The Labute approximate surface area is 154 Å². The lowest BCUT2D eigenvalue weighted by Crippen LogP contribution is -2.32. The third-order valence-electron chi connectivity index (χ3n) is 4.11. The molecule has 0 saturated carbocycles. The lowest BCUT2D eigenvalue weighted by atomic mass is 10.1. The van der Waals surface area contributed by atoms with Crippen molar-refractivity contribution in [1.29, 1.82) is 0 Å². The van der Waals surface area contributed by atoms with E-state index in [-0.39, 0.29) is 37.0 Å². The van der Waals surface area contributed by atoms with E-state index in [0.29, 0.717) is 10.0 Å². The van der Waals surface area contributed by atoms with Crippen LogP contribution in [0.4, 0.5) is 10.1 Å². The van der Waals surface area contributed by atoms with Gasteiger partial charge in [-0.05, 0) is 29.8 Å². The Balaban J connectivity index is 1.64. The summed E-state index contributed by atoms with van der Waals surface area (Å²) < 4.78 is 13.9. The van der Waals surface area contributed by atoms with Gasteiger partial charge in [-0.25, -0.2) is 4.39 Å². The molecular formula is C18H15Cl2FN2O2. The fraction of sp³-hybridized carbons (Fsp3) is 0.222. The van der Waals surface area contributed by atoms with Crippen LogP contribution in [0.3, 0.4) is 0 Å². The van der Waals surface area contributed by atoms with Crippen LogP contribution in [0.15, 0.2) is 42.5 Å². The first kappa shape index (κ1) is 17.7. The van der Waals surface area contributed by atoms with Crippen molar-refractivity contribution in [3.63, 3.8) is 0 Å². The molecule has 0 aliphatic carbocycles. The first-order valence-electron chi connectivity index (χ1n) is 7.72. The standard InChI is InChI=1S/C18H15Cl2FN2O2/c19-13-6-5-11(14(20)8-13)9-22-18(25)12-7-17(24)23(10-12)16-4-2-1-3-15(16)21/h1-6,8,12H,7,9-10H2,(H,22,25)/t12-/m0/s1. The monoisotopic (exact) mass is 380 g/mol. The molecule has 1 aliphatic heterocycles. The molecule has 130 valence electrons. The SMILES string of the molecule is O=C(NCc1ccc(Cl)cc1Cl)[C@H]1CC(=O)N(c2ccccc2F)C1. The summed E-state index contributed by atoms with van der Waals surface area (Å²) in [5.74, 6) is -1.55. The molecule has 1 N–H and O–H groups in total. The van der Waals surface area contributed by atoms with Crippen molar-refractivity contribution in [2.75, 3.05) is 11.4 Å². The van der Waals surface area contributed by atoms with Gasteiger partial charge in [0.25, 0.3) is 0 Å². The van der Waals surface area contributed by atoms with E-state index in [4.69, 9.17) is 23.2 Å². The van der Waals surface area contributed by atoms with Crippen LogP contribution in [0.2, 0.25) is 10.0 Å². The summed E-state index contributed by atoms with van der Waals surface area (Å²) >= 11 is 11.9. The molecule has 2 amide bonds. The molecule has 2 aromatic carbocycles. The van der Waals surface area contributed by atoms with Crippen LogP contribution in [-0.2, 0) is 16.1 Å². The molecule has 4 nitrogen and oxygen atoms in total. The quantitative estimate of drug-likeness (QED) is 0.876. The number of halogens is 3. The number of hydrogen-bond donors (Lipinski definition) is 1. The maximum Gasteiger partial charge on any atom is 0.227 e. The minimum atomic E-state index is -0.529. The Morgan fingerprint density at radius 2 is 2.00 bits per heavy atom. The average Bonchev–Trinajstić information content (AvgIpc) is 2.96. The summed E-state index contributed by atoms with van der Waals surface area (Å²) in [6.07, 6.45) is 0.0501. The molecule has 2 aromatic rings. The van der Waals surface area contributed by atoms with Crippen molar-refractivity contribution in [2.24, 2.45) is 5.92 Å². The molecule has 0 unspecified atom stereocenters. The topological polar surface area (TPSA) is 49.4 Å². The Morgan fingerprint density at radius 1 is 1.24 bits per heavy atom. The Morgan fingerprint density at radius 3 is 2.72 bits per heavy atom. The highest BCUT2D eigenvalue weighted by Crippen LogP contribution is 2.27. The zero-order chi connectivity index (χ0) is 18.0. The maximum atomic E-state index is 13.9. The van der Waals surface area contributed by atoms with Gasteiger partial charge in [0.05, 0.1) is 11.6 Å². The van der Waals surface area contributed by atoms with E-state index in [0.717, 1.165) is 5.56 Å². The number of hydrogen-bond acceptors (Lipinski definition) is 2. The average molecular weight is 381 g/mol. The molecule has 1 aliphatic rings.